The van der Waals surface area contributed by atoms with Crippen LogP contribution in [0.2, 0.25) is 0 Å². The van der Waals surface area contributed by atoms with Gasteiger partial charge in [0.25, 0.3) is 0 Å². The van der Waals surface area contributed by atoms with Gasteiger partial charge in [-0.1, -0.05) is 30.3 Å². The molecule has 1 fully saturated rings. The number of benzene rings is 1. The predicted octanol–water partition coefficient (Wildman–Crippen LogP) is 3.07. The van der Waals surface area contributed by atoms with Gasteiger partial charge in [-0.3, -0.25) is 0 Å². The Balaban J connectivity index is 1.53. The van der Waals surface area contributed by atoms with E-state index in [1.165, 1.54) is 17.5 Å². The van der Waals surface area contributed by atoms with Gasteiger partial charge < -0.3 is 14.2 Å². The summed E-state index contributed by atoms with van der Waals surface area (Å²) >= 11 is 0. The second-order valence-corrected chi connectivity index (χ2v) is 5.48. The molecular weight excluding hydrogens is 240 g/mol. The molecule has 0 saturated carbocycles. The minimum absolute atomic E-state index is 0.0630. The molecule has 3 nitrogen and oxygen atoms in total. The van der Waals surface area contributed by atoms with Crippen molar-refractivity contribution in [1.82, 2.24) is 0 Å². The summed E-state index contributed by atoms with van der Waals surface area (Å²) < 4.78 is 17.7. The van der Waals surface area contributed by atoms with E-state index in [0.717, 1.165) is 19.4 Å². The minimum Gasteiger partial charge on any atom is -0.353 e. The Kier molecular flexibility index (Phi) is 2.72. The summed E-state index contributed by atoms with van der Waals surface area (Å²) in [5, 5.41) is 0. The predicted molar refractivity (Wildman–Crippen MR) is 70.6 cm³/mol. The molecule has 1 unspecified atom stereocenters. The molecule has 0 N–H and O–H groups in total. The smallest absolute Gasteiger partial charge is 0.157 e. The number of fused-ring (bicyclic) bond motifs is 5. The third kappa shape index (κ3) is 1.84. The molecule has 1 aromatic rings. The molecule has 0 aliphatic carbocycles. The van der Waals surface area contributed by atoms with Gasteiger partial charge >= 0.3 is 0 Å². The van der Waals surface area contributed by atoms with Crippen molar-refractivity contribution in [3.05, 3.63) is 47.5 Å². The fourth-order valence-corrected chi connectivity index (χ4v) is 3.22. The quantitative estimate of drug-likeness (QED) is 0.780. The molecular formula is C16H18O3. The van der Waals surface area contributed by atoms with Gasteiger partial charge in [0, 0.05) is 6.61 Å². The van der Waals surface area contributed by atoms with E-state index in [4.69, 9.17) is 14.2 Å². The Bertz CT molecular complexity index is 504. The topological polar surface area (TPSA) is 27.7 Å². The van der Waals surface area contributed by atoms with Crippen LogP contribution in [0, 0.1) is 0 Å². The monoisotopic (exact) mass is 258 g/mol. The first kappa shape index (κ1) is 11.6. The number of ether oxygens (including phenoxy) is 3. The number of rotatable bonds is 3. The van der Waals surface area contributed by atoms with E-state index in [1.807, 2.05) is 0 Å². The van der Waals surface area contributed by atoms with Crippen molar-refractivity contribution in [2.45, 2.75) is 37.3 Å². The Morgan fingerprint density at radius 1 is 1.26 bits per heavy atom. The van der Waals surface area contributed by atoms with E-state index in [2.05, 4.69) is 36.4 Å². The first-order valence-electron chi connectivity index (χ1n) is 7.07. The molecule has 3 heteroatoms. The highest BCUT2D eigenvalue weighted by Gasteiger charge is 2.47. The maximum absolute atomic E-state index is 6.13. The van der Waals surface area contributed by atoms with Gasteiger partial charge in [-0.2, -0.15) is 0 Å². The molecule has 1 aromatic carbocycles. The fraction of sp³-hybridized carbons (Fsp3) is 0.500. The SMILES string of the molecule is C1=C[C@]2(COC3CCCCO3)O[C@H]1c1ccccc12. The molecule has 1 saturated heterocycles. The van der Waals surface area contributed by atoms with E-state index in [-0.39, 0.29) is 18.0 Å². The lowest BCUT2D eigenvalue weighted by atomic mass is 9.88. The van der Waals surface area contributed by atoms with Crippen LogP contribution in [0.4, 0.5) is 0 Å². The molecule has 3 atom stereocenters. The van der Waals surface area contributed by atoms with Crippen molar-refractivity contribution in [2.24, 2.45) is 0 Å². The lowest BCUT2D eigenvalue weighted by Crippen LogP contribution is -2.32. The van der Waals surface area contributed by atoms with E-state index in [9.17, 15) is 0 Å². The molecule has 0 amide bonds. The van der Waals surface area contributed by atoms with E-state index >= 15 is 0 Å². The van der Waals surface area contributed by atoms with Gasteiger partial charge in [-0.15, -0.1) is 0 Å². The zero-order chi connectivity index (χ0) is 12.7. The molecule has 19 heavy (non-hydrogen) atoms. The summed E-state index contributed by atoms with van der Waals surface area (Å²) in [6, 6.07) is 8.41. The van der Waals surface area contributed by atoms with Crippen molar-refractivity contribution in [3.63, 3.8) is 0 Å². The second kappa shape index (κ2) is 4.44. The van der Waals surface area contributed by atoms with Crippen LogP contribution in [0.1, 0.15) is 36.5 Å². The summed E-state index contributed by atoms with van der Waals surface area (Å²) in [5.41, 5.74) is 2.14. The lowest BCUT2D eigenvalue weighted by Gasteiger charge is -2.29. The number of hydrogen-bond donors (Lipinski definition) is 0. The van der Waals surface area contributed by atoms with Crippen LogP contribution >= 0.6 is 0 Å². The summed E-state index contributed by atoms with van der Waals surface area (Å²) in [6.45, 7) is 1.36. The second-order valence-electron chi connectivity index (χ2n) is 5.48. The van der Waals surface area contributed by atoms with Crippen molar-refractivity contribution >= 4 is 0 Å². The summed E-state index contributed by atoms with van der Waals surface area (Å²) in [4.78, 5) is 0. The molecule has 4 rings (SSSR count). The van der Waals surface area contributed by atoms with Gasteiger partial charge in [0.05, 0.1) is 6.61 Å². The van der Waals surface area contributed by atoms with Crippen molar-refractivity contribution < 1.29 is 14.2 Å². The van der Waals surface area contributed by atoms with Gasteiger partial charge in [-0.25, -0.2) is 0 Å². The van der Waals surface area contributed by atoms with Crippen molar-refractivity contribution in [2.75, 3.05) is 13.2 Å². The first-order chi connectivity index (χ1) is 9.37. The van der Waals surface area contributed by atoms with Crippen LogP contribution in [0.5, 0.6) is 0 Å². The lowest BCUT2D eigenvalue weighted by molar-refractivity contribution is -0.191. The molecule has 0 spiro atoms. The van der Waals surface area contributed by atoms with Gasteiger partial charge in [-0.05, 0) is 36.5 Å². The molecule has 3 aliphatic heterocycles. The normalized spacial score (nSPS) is 35.6. The summed E-state index contributed by atoms with van der Waals surface area (Å²) in [5.74, 6) is 0. The zero-order valence-electron chi connectivity index (χ0n) is 10.9. The average molecular weight is 258 g/mol. The van der Waals surface area contributed by atoms with Crippen molar-refractivity contribution in [3.8, 4) is 0 Å². The Morgan fingerprint density at radius 2 is 2.21 bits per heavy atom. The summed E-state index contributed by atoms with van der Waals surface area (Å²) in [7, 11) is 0. The maximum Gasteiger partial charge on any atom is 0.157 e. The van der Waals surface area contributed by atoms with E-state index < -0.39 is 0 Å². The highest BCUT2D eigenvalue weighted by Crippen LogP contribution is 2.50. The Morgan fingerprint density at radius 3 is 3.11 bits per heavy atom. The third-order valence-corrected chi connectivity index (χ3v) is 4.22. The van der Waals surface area contributed by atoms with Gasteiger partial charge in [0.2, 0.25) is 0 Å². The molecule has 0 radical (unpaired) electrons. The Hall–Kier alpha value is -1.16. The summed E-state index contributed by atoms with van der Waals surface area (Å²) in [6.07, 6.45) is 7.64. The number of hydrogen-bond acceptors (Lipinski definition) is 3. The fourth-order valence-electron chi connectivity index (χ4n) is 3.22. The molecule has 2 bridgehead atoms. The molecule has 3 aliphatic rings. The van der Waals surface area contributed by atoms with Crippen molar-refractivity contribution in [1.29, 1.82) is 0 Å². The maximum atomic E-state index is 6.13. The van der Waals surface area contributed by atoms with Crippen LogP contribution in [0.3, 0.4) is 0 Å². The molecule has 0 aromatic heterocycles. The molecule has 3 heterocycles. The largest absolute Gasteiger partial charge is 0.353 e. The van der Waals surface area contributed by atoms with Crippen LogP contribution in [0.15, 0.2) is 36.4 Å². The molecule has 100 valence electrons. The minimum atomic E-state index is -0.387. The van der Waals surface area contributed by atoms with Crippen LogP contribution < -0.4 is 0 Å². The van der Waals surface area contributed by atoms with E-state index in [0.29, 0.717) is 6.61 Å². The van der Waals surface area contributed by atoms with E-state index in [1.54, 1.807) is 0 Å². The first-order valence-corrected chi connectivity index (χ1v) is 7.07. The van der Waals surface area contributed by atoms with Crippen LogP contribution in [-0.4, -0.2) is 19.5 Å². The van der Waals surface area contributed by atoms with Crippen LogP contribution in [0.25, 0.3) is 0 Å². The zero-order valence-corrected chi connectivity index (χ0v) is 10.9. The van der Waals surface area contributed by atoms with Gasteiger partial charge in [0.15, 0.2) is 6.29 Å². The highest BCUT2D eigenvalue weighted by atomic mass is 16.7. The average Bonchev–Trinajstić information content (AvgIpc) is 3.04. The highest BCUT2D eigenvalue weighted by molar-refractivity contribution is 5.47. The Labute approximate surface area is 113 Å². The standard InChI is InChI=1S/C16H18O3/c1-2-6-13-12(5-1)14-8-9-16(13,19-14)11-18-15-7-3-4-10-17-15/h1-2,5-6,8-9,14-15H,3-4,7,10-11H2/t14-,15?,16-/m1/s1. The third-order valence-electron chi connectivity index (χ3n) is 4.22. The van der Waals surface area contributed by atoms with Crippen LogP contribution in [-0.2, 0) is 19.8 Å². The van der Waals surface area contributed by atoms with Gasteiger partial charge in [0.1, 0.15) is 11.7 Å².